The summed E-state index contributed by atoms with van der Waals surface area (Å²) in [5, 5.41) is 12.0. The molecule has 2 aromatic carbocycles. The fourth-order valence-electron chi connectivity index (χ4n) is 1.52. The van der Waals surface area contributed by atoms with E-state index < -0.39 is 0 Å². The van der Waals surface area contributed by atoms with Crippen molar-refractivity contribution in [1.29, 1.82) is 0 Å². The molecule has 0 aromatic heterocycles. The Morgan fingerprint density at radius 1 is 1.06 bits per heavy atom. The Kier molecular flexibility index (Phi) is 3.48. The monoisotopic (exact) mass is 242 g/mol. The maximum atomic E-state index is 12.0. The normalized spacial score (nSPS) is 9.83. The molecule has 2 N–H and O–H groups in total. The van der Waals surface area contributed by atoms with E-state index in [1.165, 1.54) is 4.90 Å². The maximum absolute atomic E-state index is 12.0. The Hall–Kier alpha value is -2.49. The number of phenols is 1. The van der Waals surface area contributed by atoms with E-state index in [1.807, 2.05) is 30.3 Å². The molecule has 0 saturated heterocycles. The molecule has 18 heavy (non-hydrogen) atoms. The fourth-order valence-corrected chi connectivity index (χ4v) is 1.52. The molecule has 0 aliphatic rings. The van der Waals surface area contributed by atoms with Gasteiger partial charge in [-0.25, -0.2) is 4.79 Å². The summed E-state index contributed by atoms with van der Waals surface area (Å²) < 4.78 is 0. The molecule has 4 heteroatoms. The van der Waals surface area contributed by atoms with Crippen LogP contribution in [0.4, 0.5) is 16.2 Å². The molecule has 4 nitrogen and oxygen atoms in total. The first-order valence-corrected chi connectivity index (χ1v) is 5.55. The van der Waals surface area contributed by atoms with Crippen molar-refractivity contribution in [1.82, 2.24) is 0 Å². The number of phenolic OH excluding ortho intramolecular Hbond substituents is 1. The van der Waals surface area contributed by atoms with Crippen molar-refractivity contribution in [3.8, 4) is 5.75 Å². The lowest BCUT2D eigenvalue weighted by Crippen LogP contribution is -2.30. The Morgan fingerprint density at radius 2 is 1.67 bits per heavy atom. The van der Waals surface area contributed by atoms with Crippen molar-refractivity contribution in [2.24, 2.45) is 0 Å². The first-order chi connectivity index (χ1) is 8.66. The zero-order chi connectivity index (χ0) is 13.0. The van der Waals surface area contributed by atoms with Crippen molar-refractivity contribution < 1.29 is 9.90 Å². The predicted octanol–water partition coefficient (Wildman–Crippen LogP) is 3.06. The van der Waals surface area contributed by atoms with E-state index in [4.69, 9.17) is 0 Å². The SMILES string of the molecule is CN(C(=O)Nc1ccccc1)c1ccc(O)cc1. The first-order valence-electron chi connectivity index (χ1n) is 5.55. The first kappa shape index (κ1) is 12.0. The van der Waals surface area contributed by atoms with Gasteiger partial charge in [-0.15, -0.1) is 0 Å². The molecule has 0 fully saturated rings. The molecule has 0 spiro atoms. The highest BCUT2D eigenvalue weighted by molar-refractivity contribution is 6.01. The molecule has 0 aliphatic carbocycles. The second kappa shape index (κ2) is 5.23. The molecule has 2 rings (SSSR count). The second-order valence-electron chi connectivity index (χ2n) is 3.87. The van der Waals surface area contributed by atoms with Crippen LogP contribution in [0.3, 0.4) is 0 Å². The minimum atomic E-state index is -0.230. The predicted molar refractivity (Wildman–Crippen MR) is 72.0 cm³/mol. The molecule has 0 unspecified atom stereocenters. The van der Waals surface area contributed by atoms with Crippen LogP contribution < -0.4 is 10.2 Å². The average Bonchev–Trinajstić information content (AvgIpc) is 2.40. The summed E-state index contributed by atoms with van der Waals surface area (Å²) in [6.45, 7) is 0. The van der Waals surface area contributed by atoms with Gasteiger partial charge in [0.15, 0.2) is 0 Å². The number of nitrogens with zero attached hydrogens (tertiary/aromatic N) is 1. The number of carbonyl (C=O) groups is 1. The van der Waals surface area contributed by atoms with Gasteiger partial charge in [-0.05, 0) is 36.4 Å². The lowest BCUT2D eigenvalue weighted by molar-refractivity contribution is 0.258. The molecule has 0 heterocycles. The Balaban J connectivity index is 2.07. The number of urea groups is 1. The van der Waals surface area contributed by atoms with Crippen LogP contribution >= 0.6 is 0 Å². The number of para-hydroxylation sites is 1. The molecule has 0 saturated carbocycles. The van der Waals surface area contributed by atoms with Crippen molar-refractivity contribution in [2.45, 2.75) is 0 Å². The van der Waals surface area contributed by atoms with E-state index in [0.29, 0.717) is 5.69 Å². The highest BCUT2D eigenvalue weighted by Crippen LogP contribution is 2.18. The van der Waals surface area contributed by atoms with E-state index >= 15 is 0 Å². The number of benzene rings is 2. The van der Waals surface area contributed by atoms with Gasteiger partial charge in [0, 0.05) is 18.4 Å². The topological polar surface area (TPSA) is 52.6 Å². The van der Waals surface area contributed by atoms with Crippen LogP contribution in [0.15, 0.2) is 54.6 Å². The Labute approximate surface area is 105 Å². The quantitative estimate of drug-likeness (QED) is 0.850. The lowest BCUT2D eigenvalue weighted by atomic mass is 10.3. The molecular formula is C14H14N2O2. The van der Waals surface area contributed by atoms with Gasteiger partial charge in [-0.2, -0.15) is 0 Å². The number of aromatic hydroxyl groups is 1. The van der Waals surface area contributed by atoms with E-state index in [1.54, 1.807) is 31.3 Å². The Morgan fingerprint density at radius 3 is 2.28 bits per heavy atom. The second-order valence-corrected chi connectivity index (χ2v) is 3.87. The van der Waals surface area contributed by atoms with Gasteiger partial charge in [-0.3, -0.25) is 4.90 Å². The van der Waals surface area contributed by atoms with Gasteiger partial charge < -0.3 is 10.4 Å². The third-order valence-corrected chi connectivity index (χ3v) is 2.57. The van der Waals surface area contributed by atoms with E-state index in [0.717, 1.165) is 5.69 Å². The molecule has 0 radical (unpaired) electrons. The number of carbonyl (C=O) groups excluding carboxylic acids is 1. The van der Waals surface area contributed by atoms with Gasteiger partial charge in [0.25, 0.3) is 0 Å². The van der Waals surface area contributed by atoms with Crippen molar-refractivity contribution in [3.05, 3.63) is 54.6 Å². The number of rotatable bonds is 2. The smallest absolute Gasteiger partial charge is 0.326 e. The van der Waals surface area contributed by atoms with Crippen LogP contribution in [-0.2, 0) is 0 Å². The molecule has 2 aromatic rings. The minimum Gasteiger partial charge on any atom is -0.508 e. The maximum Gasteiger partial charge on any atom is 0.326 e. The van der Waals surface area contributed by atoms with E-state index in [9.17, 15) is 9.90 Å². The number of anilines is 2. The third-order valence-electron chi connectivity index (χ3n) is 2.57. The highest BCUT2D eigenvalue weighted by Gasteiger charge is 2.10. The number of hydrogen-bond acceptors (Lipinski definition) is 2. The van der Waals surface area contributed by atoms with Gasteiger partial charge in [0.05, 0.1) is 0 Å². The number of hydrogen-bond donors (Lipinski definition) is 2. The van der Waals surface area contributed by atoms with E-state index in [-0.39, 0.29) is 11.8 Å². The lowest BCUT2D eigenvalue weighted by Gasteiger charge is -2.18. The zero-order valence-corrected chi connectivity index (χ0v) is 10.00. The summed E-state index contributed by atoms with van der Waals surface area (Å²) in [7, 11) is 1.67. The largest absolute Gasteiger partial charge is 0.508 e. The summed E-state index contributed by atoms with van der Waals surface area (Å²) in [6, 6.07) is 15.5. The third kappa shape index (κ3) is 2.79. The Bertz CT molecular complexity index is 523. The van der Waals surface area contributed by atoms with Crippen molar-refractivity contribution >= 4 is 17.4 Å². The van der Waals surface area contributed by atoms with Crippen LogP contribution in [0.1, 0.15) is 0 Å². The molecule has 0 atom stereocenters. The average molecular weight is 242 g/mol. The standard InChI is InChI=1S/C14H14N2O2/c1-16(12-7-9-13(17)10-8-12)14(18)15-11-5-3-2-4-6-11/h2-10,17H,1H3,(H,15,18). The molecule has 2 amide bonds. The van der Waals surface area contributed by atoms with Gasteiger partial charge in [-0.1, -0.05) is 18.2 Å². The fraction of sp³-hybridized carbons (Fsp3) is 0.0714. The van der Waals surface area contributed by atoms with Crippen LogP contribution in [0.25, 0.3) is 0 Å². The molecular weight excluding hydrogens is 228 g/mol. The van der Waals surface area contributed by atoms with E-state index in [2.05, 4.69) is 5.32 Å². The van der Waals surface area contributed by atoms with Crippen LogP contribution in [0.5, 0.6) is 5.75 Å². The molecule has 0 bridgehead atoms. The zero-order valence-electron chi connectivity index (χ0n) is 10.00. The van der Waals surface area contributed by atoms with Gasteiger partial charge >= 0.3 is 6.03 Å². The van der Waals surface area contributed by atoms with Gasteiger partial charge in [0.1, 0.15) is 5.75 Å². The summed E-state index contributed by atoms with van der Waals surface area (Å²) in [5.41, 5.74) is 1.45. The summed E-state index contributed by atoms with van der Waals surface area (Å²) in [5.74, 6) is 0.176. The minimum absolute atomic E-state index is 0.176. The summed E-state index contributed by atoms with van der Waals surface area (Å²) in [4.78, 5) is 13.4. The van der Waals surface area contributed by atoms with Crippen LogP contribution in [0.2, 0.25) is 0 Å². The van der Waals surface area contributed by atoms with Crippen molar-refractivity contribution in [2.75, 3.05) is 17.3 Å². The van der Waals surface area contributed by atoms with Crippen LogP contribution in [-0.4, -0.2) is 18.2 Å². The van der Waals surface area contributed by atoms with Crippen LogP contribution in [0, 0.1) is 0 Å². The number of amides is 2. The highest BCUT2D eigenvalue weighted by atomic mass is 16.3. The van der Waals surface area contributed by atoms with Crippen molar-refractivity contribution in [3.63, 3.8) is 0 Å². The summed E-state index contributed by atoms with van der Waals surface area (Å²) >= 11 is 0. The number of nitrogens with one attached hydrogen (secondary N) is 1. The molecule has 92 valence electrons. The molecule has 0 aliphatic heterocycles. The summed E-state index contributed by atoms with van der Waals surface area (Å²) in [6.07, 6.45) is 0. The van der Waals surface area contributed by atoms with Gasteiger partial charge in [0.2, 0.25) is 0 Å².